The molecule has 0 atom stereocenters. The van der Waals surface area contributed by atoms with Crippen LogP contribution in [0.15, 0.2) is 24.4 Å². The molecule has 0 radical (unpaired) electrons. The number of aromatic nitrogens is 1. The van der Waals surface area contributed by atoms with Crippen LogP contribution in [0.2, 0.25) is 10.0 Å². The van der Waals surface area contributed by atoms with Gasteiger partial charge < -0.3 is 5.84 Å². The molecule has 0 aliphatic rings. The van der Waals surface area contributed by atoms with Crippen LogP contribution in [0.4, 0.5) is 0 Å². The number of hydrogen-bond donors (Lipinski definition) is 1. The molecule has 0 aliphatic heterocycles. The van der Waals surface area contributed by atoms with Crippen LogP contribution in [0.1, 0.15) is 0 Å². The van der Waals surface area contributed by atoms with Gasteiger partial charge in [-0.15, -0.1) is 0 Å². The van der Waals surface area contributed by atoms with Crippen LogP contribution in [-0.2, 0) is 0 Å². The molecule has 0 spiro atoms. The van der Waals surface area contributed by atoms with Crippen molar-refractivity contribution in [3.63, 3.8) is 0 Å². The van der Waals surface area contributed by atoms with Crippen molar-refractivity contribution in [3.05, 3.63) is 34.4 Å². The van der Waals surface area contributed by atoms with E-state index in [1.54, 1.807) is 12.3 Å². The van der Waals surface area contributed by atoms with Crippen LogP contribution in [0.5, 0.6) is 0 Å². The maximum Gasteiger partial charge on any atom is 0.0891 e. The number of halogens is 2. The maximum absolute atomic E-state index is 5.94. The Morgan fingerprint density at radius 2 is 1.92 bits per heavy atom. The first-order chi connectivity index (χ1) is 5.70. The molecular weight excluding hydrogens is 195 g/mol. The van der Waals surface area contributed by atoms with Gasteiger partial charge in [0, 0.05) is 11.6 Å². The quantitative estimate of drug-likeness (QED) is 0.652. The molecule has 1 aromatic heterocycles. The summed E-state index contributed by atoms with van der Waals surface area (Å²) in [4.78, 5) is 0. The van der Waals surface area contributed by atoms with E-state index in [4.69, 9.17) is 29.0 Å². The molecule has 1 aromatic carbocycles. The van der Waals surface area contributed by atoms with Crippen LogP contribution in [-0.4, -0.2) is 4.68 Å². The summed E-state index contributed by atoms with van der Waals surface area (Å²) < 4.78 is 1.46. The SMILES string of the molecule is Nn1ccc2ccc(Cl)c(Cl)c21. The van der Waals surface area contributed by atoms with Crippen LogP contribution in [0.3, 0.4) is 0 Å². The molecule has 12 heavy (non-hydrogen) atoms. The standard InChI is InChI=1S/C8H6Cl2N2/c9-6-2-1-5-3-4-12(11)8(5)7(6)10/h1-4H,11H2. The molecule has 62 valence electrons. The molecule has 0 bridgehead atoms. The number of benzene rings is 1. The summed E-state index contributed by atoms with van der Waals surface area (Å²) in [5.74, 6) is 5.62. The maximum atomic E-state index is 5.94. The number of fused-ring (bicyclic) bond motifs is 1. The third-order valence-electron chi connectivity index (χ3n) is 1.77. The lowest BCUT2D eigenvalue weighted by atomic mass is 10.2. The normalized spacial score (nSPS) is 10.8. The van der Waals surface area contributed by atoms with E-state index in [0.717, 1.165) is 10.9 Å². The van der Waals surface area contributed by atoms with Crippen molar-refractivity contribution in [2.24, 2.45) is 0 Å². The Balaban J connectivity index is 2.96. The zero-order valence-corrected chi connectivity index (χ0v) is 7.60. The fourth-order valence-electron chi connectivity index (χ4n) is 1.19. The summed E-state index contributed by atoms with van der Waals surface area (Å²) in [5, 5.41) is 2.02. The van der Waals surface area contributed by atoms with Crippen molar-refractivity contribution in [2.45, 2.75) is 0 Å². The van der Waals surface area contributed by atoms with Crippen LogP contribution in [0.25, 0.3) is 10.9 Å². The van der Waals surface area contributed by atoms with Gasteiger partial charge in [0.15, 0.2) is 0 Å². The molecule has 2 N–H and O–H groups in total. The Hall–Kier alpha value is -0.860. The fraction of sp³-hybridized carbons (Fsp3) is 0. The van der Waals surface area contributed by atoms with Crippen molar-refractivity contribution in [1.29, 1.82) is 0 Å². The second-order valence-electron chi connectivity index (χ2n) is 2.52. The Kier molecular flexibility index (Phi) is 1.67. The molecule has 0 unspecified atom stereocenters. The van der Waals surface area contributed by atoms with E-state index in [0.29, 0.717) is 10.0 Å². The first kappa shape index (κ1) is 7.77. The van der Waals surface area contributed by atoms with Crippen molar-refractivity contribution in [2.75, 3.05) is 5.84 Å². The topological polar surface area (TPSA) is 30.9 Å². The molecule has 0 fully saturated rings. The van der Waals surface area contributed by atoms with Gasteiger partial charge in [0.05, 0.1) is 15.6 Å². The summed E-state index contributed by atoms with van der Waals surface area (Å²) in [5.41, 5.74) is 0.768. The predicted molar refractivity (Wildman–Crippen MR) is 52.1 cm³/mol. The molecule has 1 heterocycles. The minimum Gasteiger partial charge on any atom is -0.339 e. The van der Waals surface area contributed by atoms with E-state index in [1.165, 1.54) is 4.68 Å². The highest BCUT2D eigenvalue weighted by atomic mass is 35.5. The minimum absolute atomic E-state index is 0.502. The smallest absolute Gasteiger partial charge is 0.0891 e. The van der Waals surface area contributed by atoms with Gasteiger partial charge in [0.1, 0.15) is 0 Å². The van der Waals surface area contributed by atoms with Gasteiger partial charge in [-0.3, -0.25) is 4.68 Å². The fourth-order valence-corrected chi connectivity index (χ4v) is 1.61. The summed E-state index contributed by atoms with van der Waals surface area (Å²) in [6, 6.07) is 5.52. The van der Waals surface area contributed by atoms with Gasteiger partial charge in [-0.2, -0.15) is 0 Å². The van der Waals surface area contributed by atoms with Crippen molar-refractivity contribution >= 4 is 34.1 Å². The van der Waals surface area contributed by atoms with E-state index in [1.807, 2.05) is 12.1 Å². The highest BCUT2D eigenvalue weighted by molar-refractivity contribution is 6.45. The summed E-state index contributed by atoms with van der Waals surface area (Å²) in [6.07, 6.45) is 1.74. The summed E-state index contributed by atoms with van der Waals surface area (Å²) >= 11 is 11.8. The summed E-state index contributed by atoms with van der Waals surface area (Å²) in [6.45, 7) is 0. The van der Waals surface area contributed by atoms with Gasteiger partial charge >= 0.3 is 0 Å². The monoisotopic (exact) mass is 200 g/mol. The number of nitrogen functional groups attached to an aromatic ring is 1. The van der Waals surface area contributed by atoms with E-state index >= 15 is 0 Å². The van der Waals surface area contributed by atoms with E-state index < -0.39 is 0 Å². The van der Waals surface area contributed by atoms with Crippen molar-refractivity contribution < 1.29 is 0 Å². The van der Waals surface area contributed by atoms with E-state index in [9.17, 15) is 0 Å². The van der Waals surface area contributed by atoms with Crippen molar-refractivity contribution in [3.8, 4) is 0 Å². The number of nitrogens with two attached hydrogens (primary N) is 1. The van der Waals surface area contributed by atoms with Crippen molar-refractivity contribution in [1.82, 2.24) is 4.68 Å². The lowest BCUT2D eigenvalue weighted by Crippen LogP contribution is -2.05. The molecule has 0 saturated carbocycles. The highest BCUT2D eigenvalue weighted by Crippen LogP contribution is 2.30. The zero-order chi connectivity index (χ0) is 8.72. The first-order valence-electron chi connectivity index (χ1n) is 3.40. The number of rotatable bonds is 0. The van der Waals surface area contributed by atoms with Gasteiger partial charge in [0.2, 0.25) is 0 Å². The minimum atomic E-state index is 0.502. The third-order valence-corrected chi connectivity index (χ3v) is 2.57. The van der Waals surface area contributed by atoms with Crippen LogP contribution < -0.4 is 5.84 Å². The van der Waals surface area contributed by atoms with Gasteiger partial charge in [-0.1, -0.05) is 29.3 Å². The summed E-state index contributed by atoms with van der Waals surface area (Å²) in [7, 11) is 0. The molecule has 0 amide bonds. The molecule has 0 aliphatic carbocycles. The average Bonchev–Trinajstić information content (AvgIpc) is 2.41. The highest BCUT2D eigenvalue weighted by Gasteiger charge is 2.06. The van der Waals surface area contributed by atoms with E-state index in [2.05, 4.69) is 0 Å². The Bertz CT molecular complexity index is 434. The first-order valence-corrected chi connectivity index (χ1v) is 4.16. The van der Waals surface area contributed by atoms with Gasteiger partial charge in [-0.05, 0) is 12.1 Å². The Labute approximate surface area is 79.4 Å². The Morgan fingerprint density at radius 1 is 1.17 bits per heavy atom. The van der Waals surface area contributed by atoms with Crippen LogP contribution >= 0.6 is 23.2 Å². The molecular formula is C8H6Cl2N2. The molecule has 2 nitrogen and oxygen atoms in total. The molecule has 2 aromatic rings. The lowest BCUT2D eigenvalue weighted by molar-refractivity contribution is 1.07. The predicted octanol–water partition coefficient (Wildman–Crippen LogP) is 2.66. The molecule has 4 heteroatoms. The number of hydrogen-bond acceptors (Lipinski definition) is 1. The van der Waals surface area contributed by atoms with E-state index in [-0.39, 0.29) is 0 Å². The average molecular weight is 201 g/mol. The van der Waals surface area contributed by atoms with Gasteiger partial charge in [-0.25, -0.2) is 0 Å². The second kappa shape index (κ2) is 2.57. The zero-order valence-electron chi connectivity index (χ0n) is 6.09. The largest absolute Gasteiger partial charge is 0.339 e. The lowest BCUT2D eigenvalue weighted by Gasteiger charge is -2.00. The molecule has 0 saturated heterocycles. The van der Waals surface area contributed by atoms with Gasteiger partial charge in [0.25, 0.3) is 0 Å². The third kappa shape index (κ3) is 0.958. The number of nitrogens with zero attached hydrogens (tertiary/aromatic N) is 1. The van der Waals surface area contributed by atoms with Crippen LogP contribution in [0, 0.1) is 0 Å². The Morgan fingerprint density at radius 3 is 2.67 bits per heavy atom. The second-order valence-corrected chi connectivity index (χ2v) is 3.31. The molecule has 2 rings (SSSR count).